The molecule has 0 radical (unpaired) electrons. The minimum absolute atomic E-state index is 0.0416. The molecular formula is C9H11NO2S. The van der Waals surface area contributed by atoms with Crippen LogP contribution in [-0.4, -0.2) is 16.1 Å². The zero-order valence-corrected chi connectivity index (χ0v) is 8.01. The lowest BCUT2D eigenvalue weighted by Gasteiger charge is -2.09. The fourth-order valence-electron chi connectivity index (χ4n) is 1.62. The molecule has 1 aromatic heterocycles. The molecule has 1 aliphatic carbocycles. The fourth-order valence-corrected chi connectivity index (χ4v) is 2.18. The smallest absolute Gasteiger partial charge is 0.303 e. The molecule has 13 heavy (non-hydrogen) atoms. The lowest BCUT2D eigenvalue weighted by molar-refractivity contribution is -0.138. The van der Waals surface area contributed by atoms with E-state index in [9.17, 15) is 4.79 Å². The Morgan fingerprint density at radius 2 is 2.46 bits per heavy atom. The highest BCUT2D eigenvalue weighted by Gasteiger charge is 2.44. The van der Waals surface area contributed by atoms with Crippen LogP contribution in [0.15, 0.2) is 10.9 Å². The van der Waals surface area contributed by atoms with Crippen LogP contribution in [0.25, 0.3) is 0 Å². The molecule has 1 saturated carbocycles. The van der Waals surface area contributed by atoms with Gasteiger partial charge in [0.15, 0.2) is 0 Å². The fraction of sp³-hybridized carbons (Fsp3) is 0.556. The number of nitrogens with zero attached hydrogens (tertiary/aromatic N) is 1. The summed E-state index contributed by atoms with van der Waals surface area (Å²) in [4.78, 5) is 14.7. The standard InChI is InChI=1S/C9H11NO2S/c11-8(12)4-9(1-2-9)3-7-5-13-6-10-7/h5-6H,1-4H2,(H,11,12). The van der Waals surface area contributed by atoms with E-state index in [1.54, 1.807) is 16.8 Å². The molecule has 1 N–H and O–H groups in total. The molecule has 1 fully saturated rings. The van der Waals surface area contributed by atoms with Crippen LogP contribution in [0, 0.1) is 5.41 Å². The van der Waals surface area contributed by atoms with Crippen molar-refractivity contribution in [1.82, 2.24) is 4.98 Å². The molecule has 0 unspecified atom stereocenters. The molecule has 0 saturated heterocycles. The molecule has 0 bridgehead atoms. The maximum absolute atomic E-state index is 10.6. The van der Waals surface area contributed by atoms with Crippen molar-refractivity contribution in [2.45, 2.75) is 25.7 Å². The SMILES string of the molecule is O=C(O)CC1(Cc2cscn2)CC1. The molecule has 0 amide bonds. The third-order valence-electron chi connectivity index (χ3n) is 2.52. The van der Waals surface area contributed by atoms with Crippen molar-refractivity contribution in [3.05, 3.63) is 16.6 Å². The third-order valence-corrected chi connectivity index (χ3v) is 3.16. The van der Waals surface area contributed by atoms with Gasteiger partial charge in [0, 0.05) is 5.38 Å². The lowest BCUT2D eigenvalue weighted by Crippen LogP contribution is -2.11. The van der Waals surface area contributed by atoms with Crippen LogP contribution in [0.2, 0.25) is 0 Å². The van der Waals surface area contributed by atoms with Crippen LogP contribution < -0.4 is 0 Å². The van der Waals surface area contributed by atoms with Gasteiger partial charge in [-0.3, -0.25) is 4.79 Å². The second kappa shape index (κ2) is 3.10. The molecule has 0 atom stereocenters. The van der Waals surface area contributed by atoms with Crippen molar-refractivity contribution in [3.8, 4) is 0 Å². The highest BCUT2D eigenvalue weighted by molar-refractivity contribution is 7.07. The summed E-state index contributed by atoms with van der Waals surface area (Å²) in [5, 5.41) is 10.7. The Morgan fingerprint density at radius 3 is 2.92 bits per heavy atom. The molecule has 1 aromatic rings. The molecule has 0 spiro atoms. The summed E-state index contributed by atoms with van der Waals surface area (Å²) in [7, 11) is 0. The van der Waals surface area contributed by atoms with Crippen LogP contribution in [0.1, 0.15) is 25.0 Å². The topological polar surface area (TPSA) is 50.2 Å². The van der Waals surface area contributed by atoms with Crippen LogP contribution >= 0.6 is 11.3 Å². The van der Waals surface area contributed by atoms with Gasteiger partial charge in [0.2, 0.25) is 0 Å². The minimum Gasteiger partial charge on any atom is -0.481 e. The first-order valence-electron chi connectivity index (χ1n) is 4.29. The van der Waals surface area contributed by atoms with E-state index in [4.69, 9.17) is 5.11 Å². The molecule has 1 heterocycles. The summed E-state index contributed by atoms with van der Waals surface area (Å²) in [6.45, 7) is 0. The highest BCUT2D eigenvalue weighted by atomic mass is 32.1. The van der Waals surface area contributed by atoms with E-state index in [0.717, 1.165) is 25.0 Å². The van der Waals surface area contributed by atoms with Crippen molar-refractivity contribution in [2.75, 3.05) is 0 Å². The number of hydrogen-bond acceptors (Lipinski definition) is 3. The van der Waals surface area contributed by atoms with Gasteiger partial charge in [0.25, 0.3) is 0 Å². The molecule has 2 rings (SSSR count). The van der Waals surface area contributed by atoms with E-state index in [1.165, 1.54) is 0 Å². The minimum atomic E-state index is -0.687. The lowest BCUT2D eigenvalue weighted by atomic mass is 9.97. The Morgan fingerprint density at radius 1 is 1.69 bits per heavy atom. The van der Waals surface area contributed by atoms with Crippen LogP contribution in [0.4, 0.5) is 0 Å². The summed E-state index contributed by atoms with van der Waals surface area (Å²) >= 11 is 1.57. The summed E-state index contributed by atoms with van der Waals surface area (Å²) in [6.07, 6.45) is 3.21. The summed E-state index contributed by atoms with van der Waals surface area (Å²) in [5.74, 6) is -0.687. The van der Waals surface area contributed by atoms with Gasteiger partial charge in [-0.25, -0.2) is 4.98 Å². The van der Waals surface area contributed by atoms with Gasteiger partial charge >= 0.3 is 5.97 Å². The first-order chi connectivity index (χ1) is 6.20. The molecule has 3 nitrogen and oxygen atoms in total. The zero-order chi connectivity index (χ0) is 9.31. The summed E-state index contributed by atoms with van der Waals surface area (Å²) in [6, 6.07) is 0. The van der Waals surface area contributed by atoms with Gasteiger partial charge < -0.3 is 5.11 Å². The van der Waals surface area contributed by atoms with Gasteiger partial charge in [0.1, 0.15) is 0 Å². The number of aliphatic carboxylic acids is 1. The quantitative estimate of drug-likeness (QED) is 0.802. The van der Waals surface area contributed by atoms with Gasteiger partial charge in [0.05, 0.1) is 17.6 Å². The van der Waals surface area contributed by atoms with E-state index in [0.29, 0.717) is 6.42 Å². The number of rotatable bonds is 4. The van der Waals surface area contributed by atoms with Crippen molar-refractivity contribution < 1.29 is 9.90 Å². The van der Waals surface area contributed by atoms with Crippen molar-refractivity contribution in [2.24, 2.45) is 5.41 Å². The number of carbonyl (C=O) groups is 1. The number of aromatic nitrogens is 1. The van der Waals surface area contributed by atoms with Crippen LogP contribution in [-0.2, 0) is 11.2 Å². The van der Waals surface area contributed by atoms with Crippen LogP contribution in [0.3, 0.4) is 0 Å². The molecule has 0 aliphatic heterocycles. The largest absolute Gasteiger partial charge is 0.481 e. The van der Waals surface area contributed by atoms with E-state index in [2.05, 4.69) is 4.98 Å². The highest BCUT2D eigenvalue weighted by Crippen LogP contribution is 2.51. The van der Waals surface area contributed by atoms with Gasteiger partial charge in [-0.15, -0.1) is 11.3 Å². The molecule has 1 aliphatic rings. The Labute approximate surface area is 80.4 Å². The Balaban J connectivity index is 1.98. The molecule has 70 valence electrons. The molecule has 4 heteroatoms. The number of thiazole rings is 1. The molecular weight excluding hydrogens is 186 g/mol. The Hall–Kier alpha value is -0.900. The van der Waals surface area contributed by atoms with E-state index < -0.39 is 5.97 Å². The maximum Gasteiger partial charge on any atom is 0.303 e. The normalized spacial score (nSPS) is 18.5. The van der Waals surface area contributed by atoms with E-state index in [-0.39, 0.29) is 5.41 Å². The Bertz CT molecular complexity index is 303. The van der Waals surface area contributed by atoms with Crippen molar-refractivity contribution in [1.29, 1.82) is 0 Å². The molecule has 0 aromatic carbocycles. The van der Waals surface area contributed by atoms with Crippen molar-refractivity contribution in [3.63, 3.8) is 0 Å². The number of hydrogen-bond donors (Lipinski definition) is 1. The average molecular weight is 197 g/mol. The summed E-state index contributed by atoms with van der Waals surface area (Å²) in [5.41, 5.74) is 2.88. The van der Waals surface area contributed by atoms with Gasteiger partial charge in [-0.1, -0.05) is 0 Å². The van der Waals surface area contributed by atoms with Crippen molar-refractivity contribution >= 4 is 17.3 Å². The van der Waals surface area contributed by atoms with Gasteiger partial charge in [-0.05, 0) is 24.7 Å². The Kier molecular flexibility index (Phi) is 2.07. The van der Waals surface area contributed by atoms with E-state index >= 15 is 0 Å². The van der Waals surface area contributed by atoms with E-state index in [1.807, 2.05) is 5.38 Å². The number of carboxylic acid groups (broad SMARTS) is 1. The monoisotopic (exact) mass is 197 g/mol. The second-order valence-corrected chi connectivity index (χ2v) is 4.45. The number of carboxylic acids is 1. The zero-order valence-electron chi connectivity index (χ0n) is 7.19. The first-order valence-corrected chi connectivity index (χ1v) is 5.23. The second-order valence-electron chi connectivity index (χ2n) is 3.73. The first kappa shape index (κ1) is 8.69. The average Bonchev–Trinajstić information content (AvgIpc) is 2.61. The van der Waals surface area contributed by atoms with Gasteiger partial charge in [-0.2, -0.15) is 0 Å². The maximum atomic E-state index is 10.6. The summed E-state index contributed by atoms with van der Waals surface area (Å²) < 4.78 is 0. The predicted molar refractivity (Wildman–Crippen MR) is 49.7 cm³/mol. The van der Waals surface area contributed by atoms with Crippen LogP contribution in [0.5, 0.6) is 0 Å². The third kappa shape index (κ3) is 2.06. The predicted octanol–water partition coefficient (Wildman–Crippen LogP) is 1.94.